The SMILES string of the molecule is Cn1ccnc1C1CNCCN1C(=O)C1CCSc2ccccc21. The van der Waals surface area contributed by atoms with E-state index >= 15 is 0 Å². The molecule has 1 N–H and O–H groups in total. The number of carbonyl (C=O) groups is 1. The maximum Gasteiger partial charge on any atom is 0.230 e. The number of nitrogens with zero attached hydrogens (tertiary/aromatic N) is 3. The molecule has 2 aliphatic rings. The van der Waals surface area contributed by atoms with Gasteiger partial charge in [-0.25, -0.2) is 4.98 Å². The van der Waals surface area contributed by atoms with Gasteiger partial charge in [-0.2, -0.15) is 0 Å². The molecule has 0 spiro atoms. The fourth-order valence-electron chi connectivity index (χ4n) is 3.70. The third kappa shape index (κ3) is 2.74. The van der Waals surface area contributed by atoms with Gasteiger partial charge in [0.1, 0.15) is 11.9 Å². The van der Waals surface area contributed by atoms with Crippen LogP contribution in [-0.2, 0) is 11.8 Å². The second kappa shape index (κ2) is 6.61. The number of benzene rings is 1. The Morgan fingerprint density at radius 3 is 3.08 bits per heavy atom. The van der Waals surface area contributed by atoms with E-state index in [-0.39, 0.29) is 17.9 Å². The van der Waals surface area contributed by atoms with Crippen LogP contribution in [0.3, 0.4) is 0 Å². The van der Waals surface area contributed by atoms with Gasteiger partial charge in [-0.3, -0.25) is 4.79 Å². The lowest BCUT2D eigenvalue weighted by Crippen LogP contribution is -2.51. The van der Waals surface area contributed by atoms with Crippen LogP contribution in [0, 0.1) is 0 Å². The van der Waals surface area contributed by atoms with Gasteiger partial charge >= 0.3 is 0 Å². The minimum absolute atomic E-state index is 0.00740. The van der Waals surface area contributed by atoms with E-state index in [9.17, 15) is 4.79 Å². The highest BCUT2D eigenvalue weighted by Crippen LogP contribution is 2.39. The molecule has 1 fully saturated rings. The zero-order valence-corrected chi connectivity index (χ0v) is 14.6. The van der Waals surface area contributed by atoms with Gasteiger partial charge in [0.15, 0.2) is 0 Å². The monoisotopic (exact) mass is 342 g/mol. The summed E-state index contributed by atoms with van der Waals surface area (Å²) in [6.45, 7) is 2.34. The lowest BCUT2D eigenvalue weighted by atomic mass is 9.93. The van der Waals surface area contributed by atoms with Gasteiger partial charge in [0.2, 0.25) is 5.91 Å². The average molecular weight is 342 g/mol. The summed E-state index contributed by atoms with van der Waals surface area (Å²) in [6, 6.07) is 8.35. The standard InChI is InChI=1S/C18H22N4OS/c1-21-9-8-20-17(21)15-12-19-7-10-22(15)18(23)14-6-11-24-16-5-3-2-4-13(14)16/h2-5,8-9,14-15,19H,6-7,10-12H2,1H3. The van der Waals surface area contributed by atoms with Crippen LogP contribution >= 0.6 is 11.8 Å². The van der Waals surface area contributed by atoms with Crippen LogP contribution in [0.25, 0.3) is 0 Å². The molecule has 2 aromatic rings. The number of aromatic nitrogens is 2. The highest BCUT2D eigenvalue weighted by Gasteiger charge is 2.36. The minimum Gasteiger partial charge on any atom is -0.336 e. The topological polar surface area (TPSA) is 50.2 Å². The van der Waals surface area contributed by atoms with Gasteiger partial charge in [0.25, 0.3) is 0 Å². The van der Waals surface area contributed by atoms with E-state index in [2.05, 4.69) is 28.5 Å². The number of fused-ring (bicyclic) bond motifs is 1. The van der Waals surface area contributed by atoms with E-state index < -0.39 is 0 Å². The Morgan fingerprint density at radius 2 is 2.25 bits per heavy atom. The van der Waals surface area contributed by atoms with Crippen molar-refractivity contribution in [3.8, 4) is 0 Å². The van der Waals surface area contributed by atoms with Crippen LogP contribution in [0.2, 0.25) is 0 Å². The van der Waals surface area contributed by atoms with Gasteiger partial charge in [-0.1, -0.05) is 18.2 Å². The summed E-state index contributed by atoms with van der Waals surface area (Å²) in [4.78, 5) is 21.2. The van der Waals surface area contributed by atoms with Crippen molar-refractivity contribution < 1.29 is 4.79 Å². The Bertz CT molecular complexity index is 744. The molecule has 6 heteroatoms. The summed E-state index contributed by atoms with van der Waals surface area (Å²) in [5, 5.41) is 3.41. The highest BCUT2D eigenvalue weighted by molar-refractivity contribution is 7.99. The number of thioether (sulfide) groups is 1. The summed E-state index contributed by atoms with van der Waals surface area (Å²) in [5.41, 5.74) is 1.19. The third-order valence-corrected chi connectivity index (χ3v) is 6.06. The molecule has 0 bridgehead atoms. The Balaban J connectivity index is 1.64. The van der Waals surface area contributed by atoms with Crippen LogP contribution in [0.4, 0.5) is 0 Å². The molecule has 1 amide bonds. The molecule has 1 aromatic carbocycles. The van der Waals surface area contributed by atoms with Gasteiger partial charge < -0.3 is 14.8 Å². The Kier molecular flexibility index (Phi) is 4.33. The summed E-state index contributed by atoms with van der Waals surface area (Å²) in [7, 11) is 1.99. The molecule has 2 unspecified atom stereocenters. The highest BCUT2D eigenvalue weighted by atomic mass is 32.2. The quantitative estimate of drug-likeness (QED) is 0.909. The van der Waals surface area contributed by atoms with Crippen LogP contribution in [-0.4, -0.2) is 45.7 Å². The van der Waals surface area contributed by atoms with E-state index in [0.717, 1.165) is 37.6 Å². The van der Waals surface area contributed by atoms with Crippen LogP contribution in [0.5, 0.6) is 0 Å². The van der Waals surface area contributed by atoms with Crippen molar-refractivity contribution in [2.24, 2.45) is 7.05 Å². The molecule has 2 atom stereocenters. The number of hydrogen-bond acceptors (Lipinski definition) is 4. The van der Waals surface area contributed by atoms with Crippen molar-refractivity contribution in [1.29, 1.82) is 0 Å². The second-order valence-corrected chi connectivity index (χ2v) is 7.51. The summed E-state index contributed by atoms with van der Waals surface area (Å²) in [5.74, 6) is 2.18. The number of hydrogen-bond donors (Lipinski definition) is 1. The van der Waals surface area contributed by atoms with Crippen molar-refractivity contribution >= 4 is 17.7 Å². The lowest BCUT2D eigenvalue weighted by Gasteiger charge is -2.38. The lowest BCUT2D eigenvalue weighted by molar-refractivity contribution is -0.136. The van der Waals surface area contributed by atoms with E-state index in [1.54, 1.807) is 6.20 Å². The number of aryl methyl sites for hydroxylation is 1. The molecule has 4 rings (SSSR count). The van der Waals surface area contributed by atoms with Gasteiger partial charge in [0.05, 0.1) is 5.92 Å². The fourth-order valence-corrected chi connectivity index (χ4v) is 4.82. The first kappa shape index (κ1) is 15.7. The fraction of sp³-hybridized carbons (Fsp3) is 0.444. The predicted octanol–water partition coefficient (Wildman–Crippen LogP) is 2.17. The summed E-state index contributed by atoms with van der Waals surface area (Å²) < 4.78 is 2.02. The first-order valence-corrected chi connectivity index (χ1v) is 9.44. The smallest absolute Gasteiger partial charge is 0.230 e. The molecule has 0 aliphatic carbocycles. The minimum atomic E-state index is -0.0247. The zero-order valence-electron chi connectivity index (χ0n) is 13.8. The zero-order chi connectivity index (χ0) is 16.5. The Morgan fingerprint density at radius 1 is 1.38 bits per heavy atom. The number of amides is 1. The average Bonchev–Trinajstić information content (AvgIpc) is 3.06. The summed E-state index contributed by atoms with van der Waals surface area (Å²) >= 11 is 1.86. The number of imidazole rings is 1. The van der Waals surface area contributed by atoms with E-state index in [4.69, 9.17) is 0 Å². The first-order chi connectivity index (χ1) is 11.8. The molecule has 2 aliphatic heterocycles. The Hall–Kier alpha value is -1.79. The number of piperazine rings is 1. The number of rotatable bonds is 2. The van der Waals surface area contributed by atoms with Gasteiger partial charge in [0, 0.05) is 44.0 Å². The van der Waals surface area contributed by atoms with Crippen molar-refractivity contribution in [3.05, 3.63) is 48.0 Å². The summed E-state index contributed by atoms with van der Waals surface area (Å²) in [6.07, 6.45) is 4.66. The van der Waals surface area contributed by atoms with Crippen molar-refractivity contribution in [1.82, 2.24) is 19.8 Å². The van der Waals surface area contributed by atoms with Crippen molar-refractivity contribution in [2.75, 3.05) is 25.4 Å². The van der Waals surface area contributed by atoms with Crippen LogP contribution < -0.4 is 5.32 Å². The van der Waals surface area contributed by atoms with E-state index in [0.29, 0.717) is 0 Å². The molecule has 0 saturated carbocycles. The molecule has 0 radical (unpaired) electrons. The molecule has 126 valence electrons. The second-order valence-electron chi connectivity index (χ2n) is 6.38. The first-order valence-electron chi connectivity index (χ1n) is 8.46. The normalized spacial score (nSPS) is 23.8. The van der Waals surface area contributed by atoms with Crippen molar-refractivity contribution in [3.63, 3.8) is 0 Å². The molecule has 1 aromatic heterocycles. The maximum atomic E-state index is 13.4. The molecule has 1 saturated heterocycles. The van der Waals surface area contributed by atoms with Crippen molar-refractivity contribution in [2.45, 2.75) is 23.3 Å². The largest absolute Gasteiger partial charge is 0.336 e. The maximum absolute atomic E-state index is 13.4. The van der Waals surface area contributed by atoms with Crippen LogP contribution in [0.1, 0.15) is 29.8 Å². The number of nitrogens with one attached hydrogen (secondary N) is 1. The predicted molar refractivity (Wildman–Crippen MR) is 95.1 cm³/mol. The number of carbonyl (C=O) groups excluding carboxylic acids is 1. The van der Waals surface area contributed by atoms with Gasteiger partial charge in [-0.05, 0) is 23.8 Å². The molecule has 5 nitrogen and oxygen atoms in total. The molecular weight excluding hydrogens is 320 g/mol. The molecule has 3 heterocycles. The molecular formula is C18H22N4OS. The third-order valence-electron chi connectivity index (χ3n) is 4.94. The van der Waals surface area contributed by atoms with E-state index in [1.807, 2.05) is 40.5 Å². The van der Waals surface area contributed by atoms with Gasteiger partial charge in [-0.15, -0.1) is 11.8 Å². The Labute approximate surface area is 146 Å². The molecule has 24 heavy (non-hydrogen) atoms. The van der Waals surface area contributed by atoms with E-state index in [1.165, 1.54) is 10.5 Å². The van der Waals surface area contributed by atoms with Crippen LogP contribution in [0.15, 0.2) is 41.6 Å².